The molecule has 2 aromatic carbocycles. The van der Waals surface area contributed by atoms with E-state index in [0.29, 0.717) is 0 Å². The number of benzene rings is 2. The van der Waals surface area contributed by atoms with Gasteiger partial charge in [0.25, 0.3) is 0 Å². The maximum absolute atomic E-state index is 12.1. The van der Waals surface area contributed by atoms with Crippen molar-refractivity contribution < 1.29 is 9.53 Å². The molecule has 0 aliphatic heterocycles. The Morgan fingerprint density at radius 3 is 2.81 bits per heavy atom. The third-order valence-electron chi connectivity index (χ3n) is 4.08. The molecule has 0 radical (unpaired) electrons. The van der Waals surface area contributed by atoms with Gasteiger partial charge in [-0.25, -0.2) is 5.43 Å². The summed E-state index contributed by atoms with van der Waals surface area (Å²) in [6.45, 7) is 2.86. The summed E-state index contributed by atoms with van der Waals surface area (Å²) in [5, 5.41) is 5.09. The van der Waals surface area contributed by atoms with Gasteiger partial charge >= 0.3 is 0 Å². The molecule has 3 rings (SSSR count). The van der Waals surface area contributed by atoms with Crippen LogP contribution in [0.2, 0.25) is 0 Å². The second kappa shape index (κ2) is 8.85. The summed E-state index contributed by atoms with van der Waals surface area (Å²) in [4.78, 5) is 15.3. The molecule has 5 heteroatoms. The molecule has 0 fully saturated rings. The second-order valence-electron chi connectivity index (χ2n) is 6.10. The number of nitrogens with one attached hydrogen (secondary N) is 2. The second-order valence-corrected chi connectivity index (χ2v) is 6.10. The number of hydrazone groups is 1. The number of H-pyrrole nitrogens is 1. The number of fused-ring (bicyclic) bond motifs is 1. The molecule has 1 amide bonds. The lowest BCUT2D eigenvalue weighted by Gasteiger charge is -2.04. The van der Waals surface area contributed by atoms with Gasteiger partial charge in [-0.1, -0.05) is 31.5 Å². The van der Waals surface area contributed by atoms with Crippen LogP contribution < -0.4 is 10.2 Å². The Morgan fingerprint density at radius 1 is 1.19 bits per heavy atom. The number of carbonyl (C=O) groups is 1. The molecule has 1 heterocycles. The molecule has 0 aliphatic rings. The van der Waals surface area contributed by atoms with Crippen LogP contribution in [-0.2, 0) is 11.2 Å². The Balaban J connectivity index is 1.51. The molecule has 134 valence electrons. The molecule has 0 bridgehead atoms. The first-order valence-electron chi connectivity index (χ1n) is 8.86. The molecule has 2 N–H and O–H groups in total. The predicted molar refractivity (Wildman–Crippen MR) is 105 cm³/mol. The Bertz CT molecular complexity index is 882. The highest BCUT2D eigenvalue weighted by atomic mass is 16.5. The van der Waals surface area contributed by atoms with Crippen molar-refractivity contribution >= 4 is 23.0 Å². The number of ether oxygens (including phenoxy) is 1. The Labute approximate surface area is 153 Å². The van der Waals surface area contributed by atoms with E-state index in [1.54, 1.807) is 6.21 Å². The largest absolute Gasteiger partial charge is 0.494 e. The number of para-hydroxylation sites is 1. The highest BCUT2D eigenvalue weighted by Gasteiger charge is 2.07. The van der Waals surface area contributed by atoms with Crippen LogP contribution in [-0.4, -0.2) is 23.7 Å². The zero-order valence-corrected chi connectivity index (χ0v) is 14.9. The summed E-state index contributed by atoms with van der Waals surface area (Å²) >= 11 is 0. The third-order valence-corrected chi connectivity index (χ3v) is 4.08. The predicted octanol–water partition coefficient (Wildman–Crippen LogP) is 4.04. The molecule has 5 nitrogen and oxygen atoms in total. The molecule has 3 aromatic rings. The van der Waals surface area contributed by atoms with E-state index in [4.69, 9.17) is 4.74 Å². The Hall–Kier alpha value is -3.08. The molecular weight excluding hydrogens is 326 g/mol. The average molecular weight is 349 g/mol. The number of hydrogen-bond donors (Lipinski definition) is 2. The van der Waals surface area contributed by atoms with Gasteiger partial charge in [-0.05, 0) is 47.9 Å². The molecule has 0 saturated carbocycles. The van der Waals surface area contributed by atoms with Gasteiger partial charge in [0.1, 0.15) is 5.75 Å². The topological polar surface area (TPSA) is 66.5 Å². The quantitative estimate of drug-likeness (QED) is 0.366. The highest BCUT2D eigenvalue weighted by molar-refractivity contribution is 5.89. The number of aromatic nitrogens is 1. The summed E-state index contributed by atoms with van der Waals surface area (Å²) in [5.41, 5.74) is 5.47. The third kappa shape index (κ3) is 4.72. The normalized spacial score (nSPS) is 11.1. The Morgan fingerprint density at radius 2 is 2.00 bits per heavy atom. The summed E-state index contributed by atoms with van der Waals surface area (Å²) in [5.74, 6) is 0.699. The fourth-order valence-electron chi connectivity index (χ4n) is 2.65. The first-order chi connectivity index (χ1) is 12.8. The van der Waals surface area contributed by atoms with Crippen molar-refractivity contribution in [2.45, 2.75) is 26.2 Å². The van der Waals surface area contributed by atoms with Gasteiger partial charge in [0.2, 0.25) is 5.91 Å². The van der Waals surface area contributed by atoms with E-state index in [9.17, 15) is 4.79 Å². The molecule has 0 atom stereocenters. The van der Waals surface area contributed by atoms with Crippen LogP contribution in [0, 0.1) is 0 Å². The van der Waals surface area contributed by atoms with Crippen molar-refractivity contribution in [3.8, 4) is 5.75 Å². The number of nitrogens with zero attached hydrogens (tertiary/aromatic N) is 1. The van der Waals surface area contributed by atoms with Crippen LogP contribution in [0.4, 0.5) is 0 Å². The van der Waals surface area contributed by atoms with Crippen molar-refractivity contribution in [2.75, 3.05) is 6.61 Å². The van der Waals surface area contributed by atoms with E-state index in [1.807, 2.05) is 54.7 Å². The van der Waals surface area contributed by atoms with Crippen molar-refractivity contribution in [1.29, 1.82) is 0 Å². The first kappa shape index (κ1) is 17.7. The van der Waals surface area contributed by atoms with E-state index in [-0.39, 0.29) is 12.3 Å². The van der Waals surface area contributed by atoms with E-state index in [0.717, 1.165) is 47.2 Å². The summed E-state index contributed by atoms with van der Waals surface area (Å²) < 4.78 is 5.62. The minimum atomic E-state index is -0.148. The van der Waals surface area contributed by atoms with E-state index in [1.165, 1.54) is 0 Å². The molecule has 0 aliphatic carbocycles. The summed E-state index contributed by atoms with van der Waals surface area (Å²) in [6, 6.07) is 15.6. The lowest BCUT2D eigenvalue weighted by Crippen LogP contribution is -2.19. The zero-order valence-electron chi connectivity index (χ0n) is 14.9. The van der Waals surface area contributed by atoms with Crippen molar-refractivity contribution in [3.05, 3.63) is 65.9 Å². The monoisotopic (exact) mass is 349 g/mol. The lowest BCUT2D eigenvalue weighted by molar-refractivity contribution is -0.120. The van der Waals surface area contributed by atoms with Crippen LogP contribution in [0.5, 0.6) is 5.75 Å². The summed E-state index contributed by atoms with van der Waals surface area (Å²) in [6.07, 6.45) is 5.94. The van der Waals surface area contributed by atoms with E-state index in [2.05, 4.69) is 22.4 Å². The SMILES string of the molecule is CCCCOc1ccc(C=NNC(=O)Cc2c[nH]c3ccccc23)cc1. The fourth-order valence-corrected chi connectivity index (χ4v) is 2.65. The van der Waals surface area contributed by atoms with Gasteiger partial charge in [-0.2, -0.15) is 5.10 Å². The van der Waals surface area contributed by atoms with E-state index >= 15 is 0 Å². The molecule has 1 aromatic heterocycles. The van der Waals surface area contributed by atoms with Gasteiger partial charge in [-0.3, -0.25) is 4.79 Å². The van der Waals surface area contributed by atoms with Gasteiger partial charge in [0.15, 0.2) is 0 Å². The van der Waals surface area contributed by atoms with Gasteiger partial charge in [0, 0.05) is 17.1 Å². The van der Waals surface area contributed by atoms with Crippen LogP contribution in [0.1, 0.15) is 30.9 Å². The number of unbranched alkanes of at least 4 members (excludes halogenated alkanes) is 1. The van der Waals surface area contributed by atoms with Crippen LogP contribution in [0.15, 0.2) is 59.8 Å². The number of amides is 1. The molecular formula is C21H23N3O2. The van der Waals surface area contributed by atoms with Crippen molar-refractivity contribution in [3.63, 3.8) is 0 Å². The molecule has 0 saturated heterocycles. The number of rotatable bonds is 8. The standard InChI is InChI=1S/C21H23N3O2/c1-2-3-12-26-18-10-8-16(9-11-18)14-23-24-21(25)13-17-15-22-20-7-5-4-6-19(17)20/h4-11,14-15,22H,2-3,12-13H2,1H3,(H,24,25). The van der Waals surface area contributed by atoms with Gasteiger partial charge in [-0.15, -0.1) is 0 Å². The summed E-state index contributed by atoms with van der Waals surface area (Å²) in [7, 11) is 0. The number of hydrogen-bond acceptors (Lipinski definition) is 3. The average Bonchev–Trinajstić information content (AvgIpc) is 3.06. The van der Waals surface area contributed by atoms with Crippen molar-refractivity contribution in [1.82, 2.24) is 10.4 Å². The zero-order chi connectivity index (χ0) is 18.2. The molecule has 26 heavy (non-hydrogen) atoms. The number of aromatic amines is 1. The minimum absolute atomic E-state index is 0.148. The van der Waals surface area contributed by atoms with Gasteiger partial charge in [0.05, 0.1) is 19.2 Å². The maximum Gasteiger partial charge on any atom is 0.244 e. The lowest BCUT2D eigenvalue weighted by atomic mass is 10.1. The fraction of sp³-hybridized carbons (Fsp3) is 0.238. The molecule has 0 spiro atoms. The van der Waals surface area contributed by atoms with Crippen LogP contribution >= 0.6 is 0 Å². The van der Waals surface area contributed by atoms with E-state index < -0.39 is 0 Å². The smallest absolute Gasteiger partial charge is 0.244 e. The molecule has 0 unspecified atom stereocenters. The number of carbonyl (C=O) groups excluding carboxylic acids is 1. The Kier molecular flexibility index (Phi) is 6.04. The van der Waals surface area contributed by atoms with Crippen LogP contribution in [0.3, 0.4) is 0 Å². The van der Waals surface area contributed by atoms with Crippen LogP contribution in [0.25, 0.3) is 10.9 Å². The maximum atomic E-state index is 12.1. The first-order valence-corrected chi connectivity index (χ1v) is 8.86. The van der Waals surface area contributed by atoms with Crippen molar-refractivity contribution in [2.24, 2.45) is 5.10 Å². The highest BCUT2D eigenvalue weighted by Crippen LogP contribution is 2.18. The minimum Gasteiger partial charge on any atom is -0.494 e. The van der Waals surface area contributed by atoms with Gasteiger partial charge < -0.3 is 9.72 Å².